The third-order valence-electron chi connectivity index (χ3n) is 3.17. The van der Waals surface area contributed by atoms with Gasteiger partial charge in [0.25, 0.3) is 0 Å². The Hall–Kier alpha value is -1.87. The molecule has 1 amide bonds. The van der Waals surface area contributed by atoms with Crippen molar-refractivity contribution in [1.82, 2.24) is 10.6 Å². The van der Waals surface area contributed by atoms with Gasteiger partial charge in [0.15, 0.2) is 0 Å². The van der Waals surface area contributed by atoms with E-state index in [1.54, 1.807) is 0 Å². The molecule has 0 spiro atoms. The van der Waals surface area contributed by atoms with Gasteiger partial charge in [-0.25, -0.2) is 0 Å². The molecular formula is C14H14N2O. The van der Waals surface area contributed by atoms with Crippen molar-refractivity contribution in [2.24, 2.45) is 0 Å². The summed E-state index contributed by atoms with van der Waals surface area (Å²) in [5.74, 6) is 0.0626. The van der Waals surface area contributed by atoms with Crippen LogP contribution in [-0.4, -0.2) is 19.0 Å². The van der Waals surface area contributed by atoms with E-state index in [-0.39, 0.29) is 11.9 Å². The van der Waals surface area contributed by atoms with E-state index in [1.165, 1.54) is 5.39 Å². The third-order valence-corrected chi connectivity index (χ3v) is 3.17. The third kappa shape index (κ3) is 1.78. The smallest absolute Gasteiger partial charge is 0.241 e. The van der Waals surface area contributed by atoms with Crippen LogP contribution in [0.4, 0.5) is 0 Å². The minimum absolute atomic E-state index is 0.0626. The molecular weight excluding hydrogens is 212 g/mol. The molecule has 1 saturated heterocycles. The van der Waals surface area contributed by atoms with Crippen molar-refractivity contribution in [3.05, 3.63) is 48.0 Å². The Morgan fingerprint density at radius 3 is 2.71 bits per heavy atom. The second-order valence-corrected chi connectivity index (χ2v) is 4.25. The van der Waals surface area contributed by atoms with Gasteiger partial charge in [-0.3, -0.25) is 4.79 Å². The highest BCUT2D eigenvalue weighted by Gasteiger charge is 2.24. The molecule has 1 atom stereocenters. The molecule has 0 radical (unpaired) electrons. The fourth-order valence-electron chi connectivity index (χ4n) is 2.35. The van der Waals surface area contributed by atoms with E-state index in [0.717, 1.165) is 17.5 Å². The predicted molar refractivity (Wildman–Crippen MR) is 67.7 cm³/mol. The number of benzene rings is 2. The molecule has 3 nitrogen and oxygen atoms in total. The topological polar surface area (TPSA) is 41.1 Å². The number of amides is 1. The minimum atomic E-state index is -0.227. The molecule has 1 fully saturated rings. The number of hydrogen-bond acceptors (Lipinski definition) is 2. The lowest BCUT2D eigenvalue weighted by Crippen LogP contribution is -2.47. The van der Waals surface area contributed by atoms with Crippen molar-refractivity contribution >= 4 is 16.7 Å². The Balaban J connectivity index is 2.13. The second-order valence-electron chi connectivity index (χ2n) is 4.25. The van der Waals surface area contributed by atoms with Gasteiger partial charge in [0.2, 0.25) is 5.91 Å². The standard InChI is InChI=1S/C14H14N2O/c17-14-13(15-8-9-16-14)12-7-3-5-10-4-1-2-6-11(10)12/h1-7,13,15H,8-9H2,(H,16,17)/t13-/m1/s1. The van der Waals surface area contributed by atoms with E-state index in [1.807, 2.05) is 24.3 Å². The summed E-state index contributed by atoms with van der Waals surface area (Å²) in [6, 6.07) is 14.0. The molecule has 86 valence electrons. The van der Waals surface area contributed by atoms with Crippen LogP contribution in [0.3, 0.4) is 0 Å². The van der Waals surface area contributed by atoms with Crippen LogP contribution in [0.2, 0.25) is 0 Å². The molecule has 2 N–H and O–H groups in total. The van der Waals surface area contributed by atoms with Crippen molar-refractivity contribution in [3.8, 4) is 0 Å². The number of carbonyl (C=O) groups excluding carboxylic acids is 1. The fourth-order valence-corrected chi connectivity index (χ4v) is 2.35. The molecule has 0 unspecified atom stereocenters. The van der Waals surface area contributed by atoms with Crippen molar-refractivity contribution in [2.45, 2.75) is 6.04 Å². The van der Waals surface area contributed by atoms with Gasteiger partial charge >= 0.3 is 0 Å². The average molecular weight is 226 g/mol. The molecule has 0 bridgehead atoms. The van der Waals surface area contributed by atoms with Gasteiger partial charge in [0, 0.05) is 13.1 Å². The first-order chi connectivity index (χ1) is 8.36. The highest BCUT2D eigenvalue weighted by Crippen LogP contribution is 2.25. The Bertz CT molecular complexity index is 560. The lowest BCUT2D eigenvalue weighted by molar-refractivity contribution is -0.124. The van der Waals surface area contributed by atoms with Crippen molar-refractivity contribution in [3.63, 3.8) is 0 Å². The summed E-state index contributed by atoms with van der Waals surface area (Å²) in [7, 11) is 0. The van der Waals surface area contributed by atoms with Gasteiger partial charge in [-0.15, -0.1) is 0 Å². The molecule has 3 rings (SSSR count). The highest BCUT2D eigenvalue weighted by atomic mass is 16.2. The van der Waals surface area contributed by atoms with E-state index in [9.17, 15) is 4.79 Å². The van der Waals surface area contributed by atoms with Crippen LogP contribution in [0.15, 0.2) is 42.5 Å². The van der Waals surface area contributed by atoms with Gasteiger partial charge < -0.3 is 10.6 Å². The lowest BCUT2D eigenvalue weighted by atomic mass is 9.97. The van der Waals surface area contributed by atoms with Crippen LogP contribution in [0, 0.1) is 0 Å². The average Bonchev–Trinajstić information content (AvgIpc) is 2.39. The van der Waals surface area contributed by atoms with Gasteiger partial charge in [0.05, 0.1) is 0 Å². The van der Waals surface area contributed by atoms with Crippen molar-refractivity contribution in [2.75, 3.05) is 13.1 Å². The Labute approximate surface area is 99.8 Å². The van der Waals surface area contributed by atoms with Gasteiger partial charge in [-0.1, -0.05) is 42.5 Å². The predicted octanol–water partition coefficient (Wildman–Crippen LogP) is 1.60. The van der Waals surface area contributed by atoms with E-state index in [4.69, 9.17) is 0 Å². The Kier molecular flexibility index (Phi) is 2.53. The fraction of sp³-hybridized carbons (Fsp3) is 0.214. The normalized spacial score (nSPS) is 20.2. The second kappa shape index (κ2) is 4.18. The number of carbonyl (C=O) groups is 1. The molecule has 1 aliphatic heterocycles. The van der Waals surface area contributed by atoms with Crippen molar-refractivity contribution in [1.29, 1.82) is 0 Å². The summed E-state index contributed by atoms with van der Waals surface area (Å²) >= 11 is 0. The van der Waals surface area contributed by atoms with Crippen LogP contribution in [-0.2, 0) is 4.79 Å². The summed E-state index contributed by atoms with van der Waals surface area (Å²) < 4.78 is 0. The maximum atomic E-state index is 11.9. The minimum Gasteiger partial charge on any atom is -0.353 e. The largest absolute Gasteiger partial charge is 0.353 e. The Morgan fingerprint density at radius 2 is 1.82 bits per heavy atom. The Morgan fingerprint density at radius 1 is 1.00 bits per heavy atom. The summed E-state index contributed by atoms with van der Waals surface area (Å²) in [6.45, 7) is 1.53. The first kappa shape index (κ1) is 10.3. The maximum absolute atomic E-state index is 11.9. The lowest BCUT2D eigenvalue weighted by Gasteiger charge is -2.24. The summed E-state index contributed by atoms with van der Waals surface area (Å²) in [5, 5.41) is 8.47. The molecule has 0 aliphatic carbocycles. The molecule has 0 saturated carbocycles. The molecule has 2 aromatic carbocycles. The van der Waals surface area contributed by atoms with E-state index in [2.05, 4.69) is 28.8 Å². The molecule has 0 aromatic heterocycles. The van der Waals surface area contributed by atoms with Gasteiger partial charge in [0.1, 0.15) is 6.04 Å². The van der Waals surface area contributed by atoms with E-state index >= 15 is 0 Å². The number of fused-ring (bicyclic) bond motifs is 1. The first-order valence-electron chi connectivity index (χ1n) is 5.85. The first-order valence-corrected chi connectivity index (χ1v) is 5.85. The van der Waals surface area contributed by atoms with Crippen LogP contribution < -0.4 is 10.6 Å². The van der Waals surface area contributed by atoms with Crippen LogP contribution in [0.25, 0.3) is 10.8 Å². The zero-order chi connectivity index (χ0) is 11.7. The van der Waals surface area contributed by atoms with Crippen molar-refractivity contribution < 1.29 is 4.79 Å². The van der Waals surface area contributed by atoms with E-state index in [0.29, 0.717) is 6.54 Å². The number of hydrogen-bond donors (Lipinski definition) is 2. The van der Waals surface area contributed by atoms with Crippen LogP contribution in [0.1, 0.15) is 11.6 Å². The number of nitrogens with one attached hydrogen (secondary N) is 2. The van der Waals surface area contributed by atoms with E-state index < -0.39 is 0 Å². The maximum Gasteiger partial charge on any atom is 0.241 e. The van der Waals surface area contributed by atoms with Crippen LogP contribution in [0.5, 0.6) is 0 Å². The molecule has 2 aromatic rings. The zero-order valence-corrected chi connectivity index (χ0v) is 9.44. The van der Waals surface area contributed by atoms with Gasteiger partial charge in [-0.05, 0) is 16.3 Å². The van der Waals surface area contributed by atoms with Crippen LogP contribution >= 0.6 is 0 Å². The highest BCUT2D eigenvalue weighted by molar-refractivity contribution is 5.93. The summed E-state index contributed by atoms with van der Waals surface area (Å²) in [4.78, 5) is 11.9. The monoisotopic (exact) mass is 226 g/mol. The van der Waals surface area contributed by atoms with Gasteiger partial charge in [-0.2, -0.15) is 0 Å². The summed E-state index contributed by atoms with van der Waals surface area (Å²) in [5.41, 5.74) is 1.06. The SMILES string of the molecule is O=C1NCCN[C@@H]1c1cccc2ccccc12. The number of piperazine rings is 1. The number of rotatable bonds is 1. The molecule has 1 aliphatic rings. The molecule has 17 heavy (non-hydrogen) atoms. The summed E-state index contributed by atoms with van der Waals surface area (Å²) in [6.07, 6.45) is 0. The molecule has 1 heterocycles. The quantitative estimate of drug-likeness (QED) is 0.775. The zero-order valence-electron chi connectivity index (χ0n) is 9.44. The molecule has 3 heteroatoms.